The first-order valence-corrected chi connectivity index (χ1v) is 6.80. The highest BCUT2D eigenvalue weighted by Crippen LogP contribution is 2.22. The van der Waals surface area contributed by atoms with E-state index in [2.05, 4.69) is 0 Å². The summed E-state index contributed by atoms with van der Waals surface area (Å²) < 4.78 is 5.83. The first-order chi connectivity index (χ1) is 10.1. The molecule has 0 amide bonds. The number of benzene rings is 2. The average molecular weight is 277 g/mol. The van der Waals surface area contributed by atoms with E-state index in [1.54, 1.807) is 13.0 Å². The van der Waals surface area contributed by atoms with E-state index in [9.17, 15) is 4.79 Å². The summed E-state index contributed by atoms with van der Waals surface area (Å²) in [5.74, 6) is 0.573. The molecule has 3 aromatic rings. The van der Waals surface area contributed by atoms with Crippen molar-refractivity contribution in [3.63, 3.8) is 0 Å². The Kier molecular flexibility index (Phi) is 3.40. The van der Waals surface area contributed by atoms with Crippen molar-refractivity contribution in [2.75, 3.05) is 0 Å². The maximum absolute atomic E-state index is 12.3. The van der Waals surface area contributed by atoms with Gasteiger partial charge in [-0.15, -0.1) is 0 Å². The van der Waals surface area contributed by atoms with E-state index in [0.29, 0.717) is 28.9 Å². The third-order valence-corrected chi connectivity index (χ3v) is 3.32. The fourth-order valence-corrected chi connectivity index (χ4v) is 2.36. The van der Waals surface area contributed by atoms with E-state index in [1.807, 2.05) is 42.5 Å². The lowest BCUT2D eigenvalue weighted by molar-refractivity contribution is 0.619. The highest BCUT2D eigenvalue weighted by atomic mass is 16.3. The van der Waals surface area contributed by atoms with Gasteiger partial charge in [0.1, 0.15) is 11.3 Å². The fourth-order valence-electron chi connectivity index (χ4n) is 2.36. The van der Waals surface area contributed by atoms with E-state index >= 15 is 0 Å². The zero-order chi connectivity index (χ0) is 14.8. The molecule has 104 valence electrons. The van der Waals surface area contributed by atoms with Crippen LogP contribution in [0.5, 0.6) is 0 Å². The van der Waals surface area contributed by atoms with Crippen molar-refractivity contribution in [3.8, 4) is 11.3 Å². The van der Waals surface area contributed by atoms with Crippen LogP contribution in [0.2, 0.25) is 0 Å². The molecule has 0 aliphatic heterocycles. The molecule has 21 heavy (non-hydrogen) atoms. The Labute approximate surface area is 122 Å². The van der Waals surface area contributed by atoms with E-state index in [0.717, 1.165) is 11.1 Å². The van der Waals surface area contributed by atoms with Crippen LogP contribution in [0.1, 0.15) is 12.5 Å². The molecule has 1 aromatic heterocycles. The van der Waals surface area contributed by atoms with Gasteiger partial charge in [0.05, 0.1) is 5.39 Å². The number of rotatable bonds is 3. The summed E-state index contributed by atoms with van der Waals surface area (Å²) in [6.45, 7) is 1.76. The zero-order valence-electron chi connectivity index (χ0n) is 11.7. The maximum Gasteiger partial charge on any atom is 0.193 e. The molecule has 1 heterocycles. The molecule has 0 aliphatic rings. The zero-order valence-corrected chi connectivity index (χ0v) is 11.7. The summed E-state index contributed by atoms with van der Waals surface area (Å²) in [4.78, 5) is 12.3. The molecule has 0 spiro atoms. The van der Waals surface area contributed by atoms with Crippen molar-refractivity contribution >= 4 is 16.7 Å². The lowest BCUT2D eigenvalue weighted by atomic mass is 10.1. The molecule has 2 aromatic carbocycles. The molecule has 0 atom stereocenters. The average Bonchev–Trinajstić information content (AvgIpc) is 2.48. The van der Waals surface area contributed by atoms with Gasteiger partial charge in [0.2, 0.25) is 0 Å². The Morgan fingerprint density at radius 2 is 1.86 bits per heavy atom. The third-order valence-electron chi connectivity index (χ3n) is 3.32. The number of hydrogen-bond donors (Lipinski definition) is 1. The smallest absolute Gasteiger partial charge is 0.193 e. The summed E-state index contributed by atoms with van der Waals surface area (Å²) in [7, 11) is 0. The second-order valence-electron chi connectivity index (χ2n) is 5.13. The van der Waals surface area contributed by atoms with Crippen LogP contribution in [-0.4, -0.2) is 5.71 Å². The molecule has 0 bridgehead atoms. The monoisotopic (exact) mass is 277 g/mol. The van der Waals surface area contributed by atoms with Crippen LogP contribution in [0.4, 0.5) is 0 Å². The second-order valence-corrected chi connectivity index (χ2v) is 5.13. The van der Waals surface area contributed by atoms with Crippen molar-refractivity contribution in [2.24, 2.45) is 0 Å². The van der Waals surface area contributed by atoms with Crippen molar-refractivity contribution in [3.05, 3.63) is 70.4 Å². The number of nitrogens with one attached hydrogen (secondary N) is 1. The van der Waals surface area contributed by atoms with Gasteiger partial charge in [-0.05, 0) is 24.6 Å². The Morgan fingerprint density at radius 1 is 1.10 bits per heavy atom. The van der Waals surface area contributed by atoms with Gasteiger partial charge in [0.15, 0.2) is 5.43 Å². The second kappa shape index (κ2) is 5.37. The molecule has 0 unspecified atom stereocenters. The number of fused-ring (bicyclic) bond motifs is 1. The minimum absolute atomic E-state index is 0.0559. The van der Waals surface area contributed by atoms with Gasteiger partial charge in [-0.3, -0.25) is 4.79 Å². The predicted octanol–water partition coefficient (Wildman–Crippen LogP) is 4.04. The molecule has 3 heteroatoms. The van der Waals surface area contributed by atoms with Gasteiger partial charge in [-0.25, -0.2) is 0 Å². The Balaban J connectivity index is 2.14. The first kappa shape index (κ1) is 13.3. The lowest BCUT2D eigenvalue weighted by Crippen LogP contribution is -2.02. The van der Waals surface area contributed by atoms with Gasteiger partial charge in [-0.1, -0.05) is 36.4 Å². The molecule has 0 saturated heterocycles. The molecule has 3 rings (SSSR count). The van der Waals surface area contributed by atoms with Crippen LogP contribution in [0, 0.1) is 5.41 Å². The molecule has 0 fully saturated rings. The Hall–Kier alpha value is -2.68. The van der Waals surface area contributed by atoms with E-state index < -0.39 is 0 Å². The molecule has 0 aliphatic carbocycles. The predicted molar refractivity (Wildman–Crippen MR) is 85.0 cm³/mol. The Bertz CT molecular complexity index is 863. The van der Waals surface area contributed by atoms with Crippen molar-refractivity contribution in [2.45, 2.75) is 13.3 Å². The summed E-state index contributed by atoms with van der Waals surface area (Å²) >= 11 is 0. The van der Waals surface area contributed by atoms with Crippen LogP contribution in [0.25, 0.3) is 22.3 Å². The summed E-state index contributed by atoms with van der Waals surface area (Å²) in [5.41, 5.74) is 2.93. The summed E-state index contributed by atoms with van der Waals surface area (Å²) in [5, 5.41) is 8.10. The van der Waals surface area contributed by atoms with Crippen LogP contribution in [-0.2, 0) is 6.42 Å². The minimum Gasteiger partial charge on any atom is -0.456 e. The van der Waals surface area contributed by atoms with Crippen molar-refractivity contribution < 1.29 is 4.42 Å². The summed E-state index contributed by atoms with van der Waals surface area (Å²) in [6.07, 6.45) is 0.551. The largest absolute Gasteiger partial charge is 0.456 e. The van der Waals surface area contributed by atoms with Gasteiger partial charge in [0.25, 0.3) is 0 Å². The van der Waals surface area contributed by atoms with Crippen LogP contribution >= 0.6 is 0 Å². The quantitative estimate of drug-likeness (QED) is 0.734. The standard InChI is InChI=1S/C18H15NO2/c1-12(19)9-13-7-8-17-15(10-13)16(20)11-18(21-17)14-5-3-2-4-6-14/h2-8,10-11,19H,9H2,1H3. The van der Waals surface area contributed by atoms with Crippen LogP contribution in [0.15, 0.2) is 63.8 Å². The summed E-state index contributed by atoms with van der Waals surface area (Å²) in [6, 6.07) is 16.6. The molecular formula is C18H15NO2. The third kappa shape index (κ3) is 2.77. The van der Waals surface area contributed by atoms with Gasteiger partial charge in [-0.2, -0.15) is 0 Å². The first-order valence-electron chi connectivity index (χ1n) is 6.80. The molecule has 0 radical (unpaired) electrons. The van der Waals surface area contributed by atoms with Crippen molar-refractivity contribution in [1.82, 2.24) is 0 Å². The fraction of sp³-hybridized carbons (Fsp3) is 0.111. The Morgan fingerprint density at radius 3 is 2.57 bits per heavy atom. The van der Waals surface area contributed by atoms with Crippen molar-refractivity contribution in [1.29, 1.82) is 5.41 Å². The van der Waals surface area contributed by atoms with Gasteiger partial charge in [0, 0.05) is 23.8 Å². The highest BCUT2D eigenvalue weighted by molar-refractivity contribution is 5.84. The van der Waals surface area contributed by atoms with E-state index in [1.165, 1.54) is 6.07 Å². The SMILES string of the molecule is CC(=N)Cc1ccc2oc(-c3ccccc3)cc(=O)c2c1. The van der Waals surface area contributed by atoms with E-state index in [4.69, 9.17) is 9.83 Å². The lowest BCUT2D eigenvalue weighted by Gasteiger charge is -2.05. The van der Waals surface area contributed by atoms with Gasteiger partial charge < -0.3 is 9.83 Å². The topological polar surface area (TPSA) is 54.1 Å². The van der Waals surface area contributed by atoms with Crippen LogP contribution < -0.4 is 5.43 Å². The van der Waals surface area contributed by atoms with Gasteiger partial charge >= 0.3 is 0 Å². The number of hydrogen-bond acceptors (Lipinski definition) is 3. The van der Waals surface area contributed by atoms with E-state index in [-0.39, 0.29) is 5.43 Å². The molecule has 3 nitrogen and oxygen atoms in total. The molecule has 1 N–H and O–H groups in total. The molecular weight excluding hydrogens is 262 g/mol. The van der Waals surface area contributed by atoms with Crippen LogP contribution in [0.3, 0.4) is 0 Å². The molecule has 0 saturated carbocycles. The maximum atomic E-state index is 12.3. The minimum atomic E-state index is -0.0559. The normalized spacial score (nSPS) is 10.7. The highest BCUT2D eigenvalue weighted by Gasteiger charge is 2.07.